The molecule has 0 aliphatic carbocycles. The molecule has 2 rings (SSSR count). The van der Waals surface area contributed by atoms with E-state index in [4.69, 9.17) is 4.74 Å². The van der Waals surface area contributed by atoms with Crippen LogP contribution in [0.5, 0.6) is 5.75 Å². The summed E-state index contributed by atoms with van der Waals surface area (Å²) in [6.45, 7) is 0.713. The van der Waals surface area contributed by atoms with Crippen LogP contribution in [0, 0.1) is 11.3 Å². The predicted molar refractivity (Wildman–Crippen MR) is 114 cm³/mol. The van der Waals surface area contributed by atoms with Gasteiger partial charge in [0.05, 0.1) is 17.6 Å². The third-order valence-corrected chi connectivity index (χ3v) is 4.10. The van der Waals surface area contributed by atoms with Gasteiger partial charge in [-0.3, -0.25) is 14.6 Å². The van der Waals surface area contributed by atoms with E-state index in [1.807, 2.05) is 0 Å². The quantitative estimate of drug-likeness (QED) is 0.483. The maximum absolute atomic E-state index is 13.3. The van der Waals surface area contributed by atoms with Gasteiger partial charge in [0.1, 0.15) is 24.0 Å². The standard InChI is InChI=1S/C22H21F5N4O4/c1-13(32)31(14-5-7-16(8-6-14)34-19(23)24)18-9-15(11-29-17(18)10-28)30(12-22(25,26)27)20(33)35-21(2,3)4/h5-9,11,19H,12H2,1-4H3. The lowest BCUT2D eigenvalue weighted by Crippen LogP contribution is -2.42. The average Bonchev–Trinajstić information content (AvgIpc) is 2.71. The molecule has 0 radical (unpaired) electrons. The molecule has 0 fully saturated rings. The van der Waals surface area contributed by atoms with Gasteiger partial charge in [-0.25, -0.2) is 9.78 Å². The lowest BCUT2D eigenvalue weighted by Gasteiger charge is -2.29. The molecule has 35 heavy (non-hydrogen) atoms. The van der Waals surface area contributed by atoms with Gasteiger partial charge in [-0.05, 0) is 51.1 Å². The summed E-state index contributed by atoms with van der Waals surface area (Å²) in [5, 5.41) is 9.48. The highest BCUT2D eigenvalue weighted by atomic mass is 19.4. The SMILES string of the molecule is CC(=O)N(c1ccc(OC(F)F)cc1)c1cc(N(CC(F)(F)F)C(=O)OC(C)(C)C)cnc1C#N. The summed E-state index contributed by atoms with van der Waals surface area (Å²) >= 11 is 0. The molecule has 1 aromatic heterocycles. The van der Waals surface area contributed by atoms with Crippen molar-refractivity contribution in [2.24, 2.45) is 0 Å². The molecule has 0 atom stereocenters. The van der Waals surface area contributed by atoms with Crippen molar-refractivity contribution in [1.29, 1.82) is 5.26 Å². The lowest BCUT2D eigenvalue weighted by molar-refractivity contribution is -0.119. The van der Waals surface area contributed by atoms with Crippen molar-refractivity contribution >= 4 is 29.1 Å². The van der Waals surface area contributed by atoms with Crippen molar-refractivity contribution in [3.8, 4) is 11.8 Å². The van der Waals surface area contributed by atoms with Crippen molar-refractivity contribution < 1.29 is 41.0 Å². The Kier molecular flexibility index (Phi) is 8.22. The maximum atomic E-state index is 13.3. The molecule has 2 amide bonds. The number of alkyl halides is 5. The van der Waals surface area contributed by atoms with Crippen LogP contribution < -0.4 is 14.5 Å². The van der Waals surface area contributed by atoms with Crippen molar-refractivity contribution in [3.05, 3.63) is 42.2 Å². The fourth-order valence-corrected chi connectivity index (χ4v) is 2.87. The Hall–Kier alpha value is -3.95. The zero-order chi connectivity index (χ0) is 26.6. The summed E-state index contributed by atoms with van der Waals surface area (Å²) in [5.41, 5.74) is -2.01. The highest BCUT2D eigenvalue weighted by Gasteiger charge is 2.36. The summed E-state index contributed by atoms with van der Waals surface area (Å²) in [4.78, 5) is 30.0. The Morgan fingerprint density at radius 1 is 1.11 bits per heavy atom. The molecule has 0 aliphatic heterocycles. The highest BCUT2D eigenvalue weighted by molar-refractivity contribution is 6.01. The Balaban J connectivity index is 2.60. The number of nitrogens with zero attached hydrogens (tertiary/aromatic N) is 4. The molecule has 0 aliphatic rings. The number of nitriles is 1. The van der Waals surface area contributed by atoms with E-state index < -0.39 is 42.6 Å². The summed E-state index contributed by atoms with van der Waals surface area (Å²) in [5.74, 6) is -0.886. The predicted octanol–water partition coefficient (Wildman–Crippen LogP) is 5.54. The largest absolute Gasteiger partial charge is 0.443 e. The summed E-state index contributed by atoms with van der Waals surface area (Å²) in [6.07, 6.45) is -5.27. The Morgan fingerprint density at radius 3 is 2.17 bits per heavy atom. The zero-order valence-corrected chi connectivity index (χ0v) is 19.1. The molecule has 0 unspecified atom stereocenters. The number of carbonyl (C=O) groups is 2. The number of carbonyl (C=O) groups excluding carboxylic acids is 2. The van der Waals surface area contributed by atoms with E-state index in [0.717, 1.165) is 36.2 Å². The van der Waals surface area contributed by atoms with Crippen LogP contribution in [0.3, 0.4) is 0 Å². The van der Waals surface area contributed by atoms with E-state index in [-0.39, 0.29) is 27.7 Å². The molecule has 2 aromatic rings. The minimum absolute atomic E-state index is 0.0780. The summed E-state index contributed by atoms with van der Waals surface area (Å²) in [6, 6.07) is 7.47. The monoisotopic (exact) mass is 500 g/mol. The first-order chi connectivity index (χ1) is 16.1. The van der Waals surface area contributed by atoms with Crippen molar-refractivity contribution in [2.45, 2.75) is 46.1 Å². The fraction of sp³-hybridized carbons (Fsp3) is 0.364. The average molecular weight is 500 g/mol. The van der Waals surface area contributed by atoms with Gasteiger partial charge in [0.15, 0.2) is 5.69 Å². The molecule has 8 nitrogen and oxygen atoms in total. The summed E-state index contributed by atoms with van der Waals surface area (Å²) < 4.78 is 74.0. The molecule has 0 N–H and O–H groups in total. The first-order valence-corrected chi connectivity index (χ1v) is 9.94. The number of amides is 2. The first-order valence-electron chi connectivity index (χ1n) is 9.94. The van der Waals surface area contributed by atoms with Gasteiger partial charge in [0, 0.05) is 12.6 Å². The van der Waals surface area contributed by atoms with Gasteiger partial charge in [-0.1, -0.05) is 0 Å². The number of halogens is 5. The normalized spacial score (nSPS) is 11.6. The number of aromatic nitrogens is 1. The van der Waals surface area contributed by atoms with Crippen LogP contribution in [0.4, 0.5) is 43.8 Å². The second-order valence-electron chi connectivity index (χ2n) is 8.08. The van der Waals surface area contributed by atoms with Crippen LogP contribution in [-0.4, -0.2) is 41.9 Å². The van der Waals surface area contributed by atoms with Crippen LogP contribution in [-0.2, 0) is 9.53 Å². The number of hydrogen-bond acceptors (Lipinski definition) is 6. The molecular weight excluding hydrogens is 479 g/mol. The number of hydrogen-bond donors (Lipinski definition) is 0. The van der Waals surface area contributed by atoms with Crippen LogP contribution in [0.1, 0.15) is 33.4 Å². The van der Waals surface area contributed by atoms with Gasteiger partial charge in [0.2, 0.25) is 5.91 Å². The number of benzene rings is 1. The fourth-order valence-electron chi connectivity index (χ4n) is 2.87. The van der Waals surface area contributed by atoms with E-state index >= 15 is 0 Å². The van der Waals surface area contributed by atoms with E-state index in [1.54, 1.807) is 6.07 Å². The van der Waals surface area contributed by atoms with Gasteiger partial charge < -0.3 is 9.47 Å². The molecular formula is C22H21F5N4O4. The molecule has 188 valence electrons. The second-order valence-corrected chi connectivity index (χ2v) is 8.08. The van der Waals surface area contributed by atoms with Crippen LogP contribution in [0.25, 0.3) is 0 Å². The van der Waals surface area contributed by atoms with Crippen LogP contribution in [0.2, 0.25) is 0 Å². The van der Waals surface area contributed by atoms with Crippen molar-refractivity contribution in [1.82, 2.24) is 4.98 Å². The molecule has 0 bridgehead atoms. The van der Waals surface area contributed by atoms with Crippen molar-refractivity contribution in [2.75, 3.05) is 16.3 Å². The smallest absolute Gasteiger partial charge is 0.415 e. The van der Waals surface area contributed by atoms with E-state index in [0.29, 0.717) is 0 Å². The molecule has 0 saturated carbocycles. The summed E-state index contributed by atoms with van der Waals surface area (Å²) in [7, 11) is 0. The molecule has 0 spiro atoms. The first kappa shape index (κ1) is 27.3. The lowest BCUT2D eigenvalue weighted by atomic mass is 10.2. The number of pyridine rings is 1. The minimum Gasteiger partial charge on any atom is -0.443 e. The minimum atomic E-state index is -4.81. The highest BCUT2D eigenvalue weighted by Crippen LogP contribution is 2.34. The van der Waals surface area contributed by atoms with E-state index in [2.05, 4.69) is 9.72 Å². The third kappa shape index (κ3) is 7.80. The van der Waals surface area contributed by atoms with Gasteiger partial charge >= 0.3 is 18.9 Å². The van der Waals surface area contributed by atoms with Gasteiger partial charge in [-0.15, -0.1) is 0 Å². The molecule has 1 aromatic carbocycles. The van der Waals surface area contributed by atoms with Gasteiger partial charge in [-0.2, -0.15) is 27.2 Å². The van der Waals surface area contributed by atoms with E-state index in [1.165, 1.54) is 32.9 Å². The number of ether oxygens (including phenoxy) is 2. The Labute approximate surface area is 197 Å². The number of rotatable bonds is 6. The maximum Gasteiger partial charge on any atom is 0.415 e. The molecule has 0 saturated heterocycles. The topological polar surface area (TPSA) is 95.8 Å². The van der Waals surface area contributed by atoms with Crippen molar-refractivity contribution in [3.63, 3.8) is 0 Å². The van der Waals surface area contributed by atoms with Crippen LogP contribution >= 0.6 is 0 Å². The van der Waals surface area contributed by atoms with Crippen LogP contribution in [0.15, 0.2) is 36.5 Å². The second kappa shape index (κ2) is 10.5. The van der Waals surface area contributed by atoms with Gasteiger partial charge in [0.25, 0.3) is 0 Å². The molecule has 1 heterocycles. The Morgan fingerprint density at radius 2 is 1.71 bits per heavy atom. The molecule has 13 heteroatoms. The Bertz CT molecular complexity index is 1110. The number of anilines is 3. The van der Waals surface area contributed by atoms with E-state index in [9.17, 15) is 36.8 Å². The third-order valence-electron chi connectivity index (χ3n) is 4.10. The zero-order valence-electron chi connectivity index (χ0n) is 19.1.